The average Bonchev–Trinajstić information content (AvgIpc) is 2.21. The standard InChI is InChI=1S/C11H13NO3/c1-2-9(11(14)15)6-8-12-7-4-3-5-10(12)13/h3-7H,2,8H2,1H3,(H,14,15). The molecule has 1 heterocycles. The molecular weight excluding hydrogens is 194 g/mol. The van der Waals surface area contributed by atoms with Crippen molar-refractivity contribution in [3.8, 4) is 0 Å². The van der Waals surface area contributed by atoms with Crippen molar-refractivity contribution >= 4 is 5.97 Å². The Morgan fingerprint density at radius 3 is 2.80 bits per heavy atom. The lowest BCUT2D eigenvalue weighted by atomic mass is 10.2. The van der Waals surface area contributed by atoms with Gasteiger partial charge in [0.1, 0.15) is 0 Å². The highest BCUT2D eigenvalue weighted by molar-refractivity contribution is 5.86. The van der Waals surface area contributed by atoms with Crippen LogP contribution >= 0.6 is 0 Å². The van der Waals surface area contributed by atoms with E-state index in [-0.39, 0.29) is 5.56 Å². The molecule has 0 saturated carbocycles. The second-order valence-corrected chi connectivity index (χ2v) is 3.08. The van der Waals surface area contributed by atoms with Crippen LogP contribution in [-0.4, -0.2) is 15.6 Å². The molecule has 0 unspecified atom stereocenters. The molecule has 1 N–H and O–H groups in total. The molecule has 15 heavy (non-hydrogen) atoms. The van der Waals surface area contributed by atoms with E-state index < -0.39 is 5.97 Å². The lowest BCUT2D eigenvalue weighted by molar-refractivity contribution is -0.132. The van der Waals surface area contributed by atoms with Crippen LogP contribution in [0.4, 0.5) is 0 Å². The summed E-state index contributed by atoms with van der Waals surface area (Å²) in [7, 11) is 0. The summed E-state index contributed by atoms with van der Waals surface area (Å²) in [5, 5.41) is 8.76. The molecule has 0 radical (unpaired) electrons. The third-order valence-electron chi connectivity index (χ3n) is 2.09. The van der Waals surface area contributed by atoms with Gasteiger partial charge in [0.2, 0.25) is 0 Å². The number of hydrogen-bond acceptors (Lipinski definition) is 2. The highest BCUT2D eigenvalue weighted by Gasteiger charge is 2.03. The number of hydrogen-bond donors (Lipinski definition) is 1. The van der Waals surface area contributed by atoms with Crippen molar-refractivity contribution in [2.75, 3.05) is 0 Å². The molecule has 0 aromatic carbocycles. The van der Waals surface area contributed by atoms with Crippen molar-refractivity contribution in [3.63, 3.8) is 0 Å². The van der Waals surface area contributed by atoms with Crippen LogP contribution < -0.4 is 5.56 Å². The van der Waals surface area contributed by atoms with Gasteiger partial charge in [-0.15, -0.1) is 0 Å². The number of nitrogens with zero attached hydrogens (tertiary/aromatic N) is 1. The zero-order valence-corrected chi connectivity index (χ0v) is 8.51. The summed E-state index contributed by atoms with van der Waals surface area (Å²) < 4.78 is 1.46. The quantitative estimate of drug-likeness (QED) is 0.756. The lowest BCUT2D eigenvalue weighted by Gasteiger charge is -2.01. The van der Waals surface area contributed by atoms with Crippen LogP contribution in [0.3, 0.4) is 0 Å². The van der Waals surface area contributed by atoms with E-state index in [0.717, 1.165) is 0 Å². The fourth-order valence-corrected chi connectivity index (χ4v) is 1.20. The molecule has 4 nitrogen and oxygen atoms in total. The number of carboxylic acid groups (broad SMARTS) is 1. The van der Waals surface area contributed by atoms with Crippen LogP contribution in [-0.2, 0) is 11.3 Å². The second kappa shape index (κ2) is 5.14. The molecule has 80 valence electrons. The van der Waals surface area contributed by atoms with Gasteiger partial charge in [-0.05, 0) is 12.5 Å². The van der Waals surface area contributed by atoms with Gasteiger partial charge in [0, 0.05) is 24.4 Å². The first kappa shape index (κ1) is 11.2. The summed E-state index contributed by atoms with van der Waals surface area (Å²) in [6.07, 6.45) is 3.65. The minimum Gasteiger partial charge on any atom is -0.478 e. The van der Waals surface area contributed by atoms with E-state index in [4.69, 9.17) is 5.11 Å². The van der Waals surface area contributed by atoms with E-state index in [2.05, 4.69) is 0 Å². The Balaban J connectivity index is 2.84. The molecular formula is C11H13NO3. The number of carbonyl (C=O) groups is 1. The Morgan fingerprint density at radius 2 is 2.27 bits per heavy atom. The fourth-order valence-electron chi connectivity index (χ4n) is 1.20. The van der Waals surface area contributed by atoms with Crippen molar-refractivity contribution in [2.45, 2.75) is 19.9 Å². The van der Waals surface area contributed by atoms with Gasteiger partial charge in [0.25, 0.3) is 5.56 Å². The Hall–Kier alpha value is -1.84. The van der Waals surface area contributed by atoms with Crippen LogP contribution in [0, 0.1) is 0 Å². The predicted octanol–water partition coefficient (Wildman–Crippen LogP) is 1.27. The van der Waals surface area contributed by atoms with Crippen LogP contribution in [0.25, 0.3) is 0 Å². The van der Waals surface area contributed by atoms with Crippen LogP contribution in [0.2, 0.25) is 0 Å². The van der Waals surface area contributed by atoms with Crippen LogP contribution in [0.15, 0.2) is 40.8 Å². The molecule has 0 aliphatic heterocycles. The van der Waals surface area contributed by atoms with E-state index in [1.54, 1.807) is 31.3 Å². The van der Waals surface area contributed by atoms with Gasteiger partial charge in [-0.25, -0.2) is 4.79 Å². The summed E-state index contributed by atoms with van der Waals surface area (Å²) in [4.78, 5) is 22.0. The van der Waals surface area contributed by atoms with Crippen molar-refractivity contribution in [3.05, 3.63) is 46.4 Å². The summed E-state index contributed by atoms with van der Waals surface area (Å²) >= 11 is 0. The minimum atomic E-state index is -0.929. The topological polar surface area (TPSA) is 59.3 Å². The van der Waals surface area contributed by atoms with Crippen molar-refractivity contribution in [2.24, 2.45) is 0 Å². The molecule has 0 amide bonds. The maximum atomic E-state index is 11.3. The van der Waals surface area contributed by atoms with E-state index in [1.807, 2.05) is 0 Å². The maximum absolute atomic E-state index is 11.3. The first-order valence-electron chi connectivity index (χ1n) is 4.73. The number of rotatable bonds is 4. The van der Waals surface area contributed by atoms with E-state index >= 15 is 0 Å². The number of carboxylic acids is 1. The Morgan fingerprint density at radius 1 is 1.53 bits per heavy atom. The van der Waals surface area contributed by atoms with Crippen molar-refractivity contribution in [1.82, 2.24) is 4.57 Å². The smallest absolute Gasteiger partial charge is 0.331 e. The maximum Gasteiger partial charge on any atom is 0.331 e. The molecule has 1 aromatic heterocycles. The highest BCUT2D eigenvalue weighted by Crippen LogP contribution is 2.00. The second-order valence-electron chi connectivity index (χ2n) is 3.08. The third-order valence-corrected chi connectivity index (χ3v) is 2.09. The molecule has 0 bridgehead atoms. The van der Waals surface area contributed by atoms with Crippen molar-refractivity contribution in [1.29, 1.82) is 0 Å². The summed E-state index contributed by atoms with van der Waals surface area (Å²) in [5.41, 5.74) is 0.195. The van der Waals surface area contributed by atoms with Gasteiger partial charge in [-0.2, -0.15) is 0 Å². The van der Waals surface area contributed by atoms with Crippen LogP contribution in [0.5, 0.6) is 0 Å². The first-order valence-corrected chi connectivity index (χ1v) is 4.73. The fraction of sp³-hybridized carbons (Fsp3) is 0.273. The van der Waals surface area contributed by atoms with Crippen LogP contribution in [0.1, 0.15) is 13.3 Å². The largest absolute Gasteiger partial charge is 0.478 e. The van der Waals surface area contributed by atoms with Gasteiger partial charge in [0.05, 0.1) is 0 Å². The number of pyridine rings is 1. The minimum absolute atomic E-state index is 0.130. The van der Waals surface area contributed by atoms with Gasteiger partial charge < -0.3 is 9.67 Å². The number of aromatic nitrogens is 1. The number of allylic oxidation sites excluding steroid dienone is 1. The molecule has 0 saturated heterocycles. The molecule has 0 fully saturated rings. The lowest BCUT2D eigenvalue weighted by Crippen LogP contribution is -2.17. The third kappa shape index (κ3) is 3.09. The Kier molecular flexibility index (Phi) is 3.85. The monoisotopic (exact) mass is 207 g/mol. The predicted molar refractivity (Wildman–Crippen MR) is 56.7 cm³/mol. The van der Waals surface area contributed by atoms with E-state index in [0.29, 0.717) is 18.5 Å². The summed E-state index contributed by atoms with van der Waals surface area (Å²) in [6, 6.07) is 4.84. The molecule has 0 atom stereocenters. The van der Waals surface area contributed by atoms with Gasteiger partial charge in [0.15, 0.2) is 0 Å². The molecule has 1 rings (SSSR count). The molecule has 1 aromatic rings. The zero-order valence-electron chi connectivity index (χ0n) is 8.51. The van der Waals surface area contributed by atoms with E-state index in [9.17, 15) is 9.59 Å². The molecule has 0 spiro atoms. The number of aliphatic carboxylic acids is 1. The van der Waals surface area contributed by atoms with E-state index in [1.165, 1.54) is 10.6 Å². The molecule has 0 aliphatic carbocycles. The van der Waals surface area contributed by atoms with Gasteiger partial charge in [-0.1, -0.05) is 19.1 Å². The zero-order chi connectivity index (χ0) is 11.3. The van der Waals surface area contributed by atoms with Gasteiger partial charge >= 0.3 is 5.97 Å². The van der Waals surface area contributed by atoms with Gasteiger partial charge in [-0.3, -0.25) is 4.79 Å². The normalized spacial score (nSPS) is 11.4. The highest BCUT2D eigenvalue weighted by atomic mass is 16.4. The Bertz CT molecular complexity index is 431. The summed E-state index contributed by atoms with van der Waals surface area (Å²) in [5.74, 6) is -0.929. The Labute approximate surface area is 87.5 Å². The average molecular weight is 207 g/mol. The first-order chi connectivity index (χ1) is 7.15. The molecule has 4 heteroatoms. The van der Waals surface area contributed by atoms with Crippen molar-refractivity contribution < 1.29 is 9.90 Å². The summed E-state index contributed by atoms with van der Waals surface area (Å²) in [6.45, 7) is 2.07. The SMILES string of the molecule is CCC(=CCn1ccccc1=O)C(=O)O. The molecule has 0 aliphatic rings.